The van der Waals surface area contributed by atoms with Gasteiger partial charge in [-0.3, -0.25) is 4.98 Å². The molecule has 0 saturated heterocycles. The van der Waals surface area contributed by atoms with Gasteiger partial charge in [-0.1, -0.05) is 5.16 Å². The van der Waals surface area contributed by atoms with Gasteiger partial charge in [0.1, 0.15) is 5.75 Å². The molecule has 0 unspecified atom stereocenters. The van der Waals surface area contributed by atoms with Gasteiger partial charge in [0.25, 0.3) is 5.89 Å². The maximum atomic E-state index is 9.32. The van der Waals surface area contributed by atoms with E-state index < -0.39 is 0 Å². The number of nitrogens with zero attached hydrogens (tertiary/aromatic N) is 3. The van der Waals surface area contributed by atoms with Crippen LogP contribution in [-0.4, -0.2) is 20.2 Å². The molecule has 0 aliphatic carbocycles. The Morgan fingerprint density at radius 3 is 2.83 bits per heavy atom. The lowest BCUT2D eigenvalue weighted by atomic mass is 10.3. The minimum Gasteiger partial charge on any atom is -0.506 e. The predicted octanol–water partition coefficient (Wildman–Crippen LogP) is 2.86. The summed E-state index contributed by atoms with van der Waals surface area (Å²) < 4.78 is 11.0. The van der Waals surface area contributed by atoms with E-state index in [1.54, 1.807) is 12.1 Å². The van der Waals surface area contributed by atoms with Gasteiger partial charge in [-0.05, 0) is 34.1 Å². The molecular formula is C11H6BrN3O3. The summed E-state index contributed by atoms with van der Waals surface area (Å²) in [6, 6.07) is 4.95. The molecule has 7 heteroatoms. The van der Waals surface area contributed by atoms with E-state index in [0.717, 1.165) is 0 Å². The number of hydrogen-bond donors (Lipinski definition) is 1. The summed E-state index contributed by atoms with van der Waals surface area (Å²) in [6.45, 7) is 0. The predicted molar refractivity (Wildman–Crippen MR) is 64.6 cm³/mol. The van der Waals surface area contributed by atoms with Gasteiger partial charge in [0, 0.05) is 6.20 Å². The second-order valence-corrected chi connectivity index (χ2v) is 4.24. The number of pyridine rings is 1. The van der Waals surface area contributed by atoms with Crippen molar-refractivity contribution >= 4 is 15.9 Å². The number of aromatic nitrogens is 3. The van der Waals surface area contributed by atoms with E-state index in [1.807, 2.05) is 0 Å². The summed E-state index contributed by atoms with van der Waals surface area (Å²) >= 11 is 3.19. The van der Waals surface area contributed by atoms with Crippen molar-refractivity contribution in [1.82, 2.24) is 15.1 Å². The first kappa shape index (κ1) is 11.0. The second kappa shape index (κ2) is 4.26. The fourth-order valence-electron chi connectivity index (χ4n) is 1.42. The highest BCUT2D eigenvalue weighted by Gasteiger charge is 2.13. The van der Waals surface area contributed by atoms with Crippen LogP contribution in [0.25, 0.3) is 23.0 Å². The molecule has 3 rings (SSSR count). The number of rotatable bonds is 2. The van der Waals surface area contributed by atoms with Gasteiger partial charge in [0.2, 0.25) is 5.82 Å². The zero-order valence-corrected chi connectivity index (χ0v) is 10.5. The lowest BCUT2D eigenvalue weighted by Crippen LogP contribution is -1.80. The third kappa shape index (κ3) is 2.00. The molecule has 0 saturated carbocycles. The molecule has 0 radical (unpaired) electrons. The molecule has 0 bridgehead atoms. The van der Waals surface area contributed by atoms with Crippen molar-refractivity contribution in [2.75, 3.05) is 0 Å². The monoisotopic (exact) mass is 307 g/mol. The molecule has 6 nitrogen and oxygen atoms in total. The van der Waals surface area contributed by atoms with Gasteiger partial charge < -0.3 is 14.0 Å². The number of furan rings is 1. The Morgan fingerprint density at radius 1 is 1.22 bits per heavy atom. The van der Waals surface area contributed by atoms with Crippen LogP contribution >= 0.6 is 15.9 Å². The highest BCUT2D eigenvalue weighted by molar-refractivity contribution is 9.10. The van der Waals surface area contributed by atoms with Gasteiger partial charge in [-0.15, -0.1) is 0 Å². The summed E-state index contributed by atoms with van der Waals surface area (Å²) in [5.74, 6) is 1.12. The molecule has 0 spiro atoms. The smallest absolute Gasteiger partial charge is 0.260 e. The van der Waals surface area contributed by atoms with Gasteiger partial charge in [-0.2, -0.15) is 4.98 Å². The lowest BCUT2D eigenvalue weighted by Gasteiger charge is -1.93. The minimum atomic E-state index is 0.0352. The molecule has 3 heterocycles. The van der Waals surface area contributed by atoms with Crippen molar-refractivity contribution < 1.29 is 14.0 Å². The van der Waals surface area contributed by atoms with Crippen LogP contribution in [0.1, 0.15) is 0 Å². The summed E-state index contributed by atoms with van der Waals surface area (Å²) in [7, 11) is 0. The van der Waals surface area contributed by atoms with Crippen LogP contribution in [0.5, 0.6) is 5.75 Å². The molecule has 0 fully saturated rings. The molecular weight excluding hydrogens is 302 g/mol. The van der Waals surface area contributed by atoms with Crippen LogP contribution in [0.15, 0.2) is 44.2 Å². The molecule has 0 atom stereocenters. The Labute approximate surface area is 109 Å². The third-order valence-corrected chi connectivity index (χ3v) is 2.62. The average molecular weight is 308 g/mol. The topological polar surface area (TPSA) is 85.2 Å². The van der Waals surface area contributed by atoms with Crippen LogP contribution < -0.4 is 0 Å². The third-order valence-electron chi connectivity index (χ3n) is 2.19. The number of halogens is 1. The molecule has 0 aliphatic heterocycles. The molecule has 0 aliphatic rings. The summed E-state index contributed by atoms with van der Waals surface area (Å²) in [4.78, 5) is 8.00. The lowest BCUT2D eigenvalue weighted by molar-refractivity contribution is 0.428. The maximum absolute atomic E-state index is 9.32. The van der Waals surface area contributed by atoms with Gasteiger partial charge in [-0.25, -0.2) is 0 Å². The minimum absolute atomic E-state index is 0.0352. The molecule has 3 aromatic heterocycles. The summed E-state index contributed by atoms with van der Waals surface area (Å²) in [5, 5.41) is 13.1. The van der Waals surface area contributed by atoms with E-state index in [-0.39, 0.29) is 11.6 Å². The second-order valence-electron chi connectivity index (χ2n) is 3.46. The average Bonchev–Trinajstić information content (AvgIpc) is 2.97. The van der Waals surface area contributed by atoms with E-state index >= 15 is 0 Å². The van der Waals surface area contributed by atoms with E-state index in [2.05, 4.69) is 31.1 Å². The fourth-order valence-corrected chi connectivity index (χ4v) is 1.73. The van der Waals surface area contributed by atoms with Crippen LogP contribution in [-0.2, 0) is 0 Å². The van der Waals surface area contributed by atoms with E-state index in [1.165, 1.54) is 18.5 Å². The largest absolute Gasteiger partial charge is 0.506 e. The summed E-state index contributed by atoms with van der Waals surface area (Å²) in [5.41, 5.74) is 0.541. The standard InChI is InChI=1S/C11H6BrN3O3/c12-9-2-1-8(17-9)10-14-11(18-15-10)6-3-7(16)5-13-4-6/h1-5,16H. The van der Waals surface area contributed by atoms with E-state index in [0.29, 0.717) is 21.8 Å². The molecule has 90 valence electrons. The molecule has 0 aromatic carbocycles. The fraction of sp³-hybridized carbons (Fsp3) is 0. The Bertz CT molecular complexity index is 692. The van der Waals surface area contributed by atoms with E-state index in [4.69, 9.17) is 8.94 Å². The van der Waals surface area contributed by atoms with Crippen molar-refractivity contribution in [1.29, 1.82) is 0 Å². The Hall–Kier alpha value is -2.15. The van der Waals surface area contributed by atoms with Crippen LogP contribution in [0, 0.1) is 0 Å². The normalized spacial score (nSPS) is 10.7. The van der Waals surface area contributed by atoms with E-state index in [9.17, 15) is 5.11 Å². The van der Waals surface area contributed by atoms with Gasteiger partial charge in [0.15, 0.2) is 10.4 Å². The van der Waals surface area contributed by atoms with Crippen LogP contribution in [0.2, 0.25) is 0 Å². The quantitative estimate of drug-likeness (QED) is 0.783. The van der Waals surface area contributed by atoms with Crippen LogP contribution in [0.4, 0.5) is 0 Å². The Kier molecular flexibility index (Phi) is 2.60. The van der Waals surface area contributed by atoms with Gasteiger partial charge in [0.05, 0.1) is 11.8 Å². The highest BCUT2D eigenvalue weighted by atomic mass is 79.9. The SMILES string of the molecule is Oc1cncc(-c2nc(-c3ccc(Br)o3)no2)c1. The van der Waals surface area contributed by atoms with Crippen molar-refractivity contribution in [3.8, 4) is 28.8 Å². The molecule has 18 heavy (non-hydrogen) atoms. The van der Waals surface area contributed by atoms with Crippen LogP contribution in [0.3, 0.4) is 0 Å². The zero-order valence-electron chi connectivity index (χ0n) is 8.87. The molecule has 1 N–H and O–H groups in total. The Balaban J connectivity index is 1.99. The highest BCUT2D eigenvalue weighted by Crippen LogP contribution is 2.26. The van der Waals surface area contributed by atoms with Crippen molar-refractivity contribution in [2.24, 2.45) is 0 Å². The van der Waals surface area contributed by atoms with Crippen molar-refractivity contribution in [2.45, 2.75) is 0 Å². The summed E-state index contributed by atoms with van der Waals surface area (Å²) in [6.07, 6.45) is 2.85. The Morgan fingerprint density at radius 2 is 2.11 bits per heavy atom. The zero-order chi connectivity index (χ0) is 12.5. The first-order valence-corrected chi connectivity index (χ1v) is 5.75. The maximum Gasteiger partial charge on any atom is 0.260 e. The first-order valence-electron chi connectivity index (χ1n) is 4.96. The van der Waals surface area contributed by atoms with Crippen molar-refractivity contribution in [3.63, 3.8) is 0 Å². The first-order chi connectivity index (χ1) is 8.72. The van der Waals surface area contributed by atoms with Gasteiger partial charge >= 0.3 is 0 Å². The number of aromatic hydroxyl groups is 1. The molecule has 0 amide bonds. The molecule has 3 aromatic rings. The van der Waals surface area contributed by atoms with Crippen molar-refractivity contribution in [3.05, 3.63) is 35.3 Å². The number of hydrogen-bond acceptors (Lipinski definition) is 6.